The van der Waals surface area contributed by atoms with Crippen molar-refractivity contribution in [2.75, 3.05) is 20.6 Å². The number of carbonyl (C=O) groups is 1. The molecule has 0 radical (unpaired) electrons. The summed E-state index contributed by atoms with van der Waals surface area (Å²) in [6.45, 7) is 0.663. The number of amides is 1. The van der Waals surface area contributed by atoms with Gasteiger partial charge in [-0.1, -0.05) is 30.3 Å². The molecular formula is C23H25FN2O3. The summed E-state index contributed by atoms with van der Waals surface area (Å²) in [7, 11) is 4.00. The van der Waals surface area contributed by atoms with Crippen LogP contribution in [-0.2, 0) is 13.0 Å². The monoisotopic (exact) mass is 396 g/mol. The van der Waals surface area contributed by atoms with Crippen LogP contribution in [0, 0.1) is 5.82 Å². The van der Waals surface area contributed by atoms with Crippen LogP contribution in [0.25, 0.3) is 0 Å². The molecule has 0 bridgehead atoms. The molecule has 1 atom stereocenters. The smallest absolute Gasteiger partial charge is 0.287 e. The van der Waals surface area contributed by atoms with Gasteiger partial charge in [-0.05, 0) is 62.5 Å². The van der Waals surface area contributed by atoms with E-state index >= 15 is 0 Å². The number of carbonyl (C=O) groups excluding carboxylic acids is 1. The minimum atomic E-state index is -0.322. The molecule has 1 amide bonds. The van der Waals surface area contributed by atoms with Crippen LogP contribution in [0.4, 0.5) is 4.39 Å². The first kappa shape index (κ1) is 20.6. The van der Waals surface area contributed by atoms with E-state index in [4.69, 9.17) is 9.15 Å². The largest absolute Gasteiger partial charge is 0.486 e. The van der Waals surface area contributed by atoms with Crippen LogP contribution in [0.3, 0.4) is 0 Å². The fourth-order valence-electron chi connectivity index (χ4n) is 2.88. The number of nitrogens with zero attached hydrogens (tertiary/aromatic N) is 1. The van der Waals surface area contributed by atoms with Gasteiger partial charge in [0, 0.05) is 12.6 Å². The zero-order valence-electron chi connectivity index (χ0n) is 16.6. The standard InChI is InChI=1S/C23H25FN2O3/c1-26(2)19(14-17-6-4-3-5-7-17)15-25-23(27)22-13-12-21(29-22)16-28-20-10-8-18(24)9-11-20/h3-13,19H,14-16H2,1-2H3,(H,25,27). The fraction of sp³-hybridized carbons (Fsp3) is 0.261. The molecule has 5 nitrogen and oxygen atoms in total. The third-order valence-electron chi connectivity index (χ3n) is 4.62. The highest BCUT2D eigenvalue weighted by atomic mass is 19.1. The normalized spacial score (nSPS) is 12.0. The van der Waals surface area contributed by atoms with E-state index in [1.165, 1.54) is 17.7 Å². The molecule has 152 valence electrons. The highest BCUT2D eigenvalue weighted by Crippen LogP contribution is 2.15. The topological polar surface area (TPSA) is 54.7 Å². The summed E-state index contributed by atoms with van der Waals surface area (Å²) in [6, 6.07) is 19.4. The molecule has 2 aromatic carbocycles. The fourth-order valence-corrected chi connectivity index (χ4v) is 2.88. The quantitative estimate of drug-likeness (QED) is 0.596. The van der Waals surface area contributed by atoms with E-state index in [1.807, 2.05) is 32.3 Å². The van der Waals surface area contributed by atoms with Gasteiger partial charge in [0.15, 0.2) is 5.76 Å². The lowest BCUT2D eigenvalue weighted by atomic mass is 10.1. The van der Waals surface area contributed by atoms with Gasteiger partial charge in [0.05, 0.1) is 0 Å². The van der Waals surface area contributed by atoms with Crippen LogP contribution in [0.5, 0.6) is 5.75 Å². The molecule has 0 saturated carbocycles. The van der Waals surface area contributed by atoms with Crippen molar-refractivity contribution in [2.45, 2.75) is 19.1 Å². The minimum absolute atomic E-state index is 0.160. The molecule has 3 aromatic rings. The van der Waals surface area contributed by atoms with Gasteiger partial charge in [-0.3, -0.25) is 4.79 Å². The van der Waals surface area contributed by atoms with Crippen molar-refractivity contribution in [2.24, 2.45) is 0 Å². The molecule has 0 aliphatic carbocycles. The van der Waals surface area contributed by atoms with E-state index in [1.54, 1.807) is 24.3 Å². The van der Waals surface area contributed by atoms with E-state index in [2.05, 4.69) is 22.3 Å². The summed E-state index contributed by atoms with van der Waals surface area (Å²) in [4.78, 5) is 14.5. The number of nitrogens with one attached hydrogen (secondary N) is 1. The Hall–Kier alpha value is -3.12. The number of hydrogen-bond acceptors (Lipinski definition) is 4. The Morgan fingerprint density at radius 3 is 2.48 bits per heavy atom. The molecule has 0 spiro atoms. The SMILES string of the molecule is CN(C)C(CNC(=O)c1ccc(COc2ccc(F)cc2)o1)Cc1ccccc1. The average molecular weight is 396 g/mol. The molecule has 0 aliphatic rings. The van der Waals surface area contributed by atoms with Gasteiger partial charge >= 0.3 is 0 Å². The van der Waals surface area contributed by atoms with Crippen LogP contribution in [0.15, 0.2) is 71.1 Å². The molecule has 0 fully saturated rings. The van der Waals surface area contributed by atoms with E-state index < -0.39 is 0 Å². The molecule has 6 heteroatoms. The van der Waals surface area contributed by atoms with Crippen LogP contribution >= 0.6 is 0 Å². The molecule has 1 aromatic heterocycles. The van der Waals surface area contributed by atoms with Gasteiger partial charge in [-0.2, -0.15) is 0 Å². The number of ether oxygens (including phenoxy) is 1. The molecule has 1 N–H and O–H groups in total. The van der Waals surface area contributed by atoms with Crippen molar-refractivity contribution in [1.29, 1.82) is 0 Å². The second kappa shape index (κ2) is 9.89. The van der Waals surface area contributed by atoms with Crippen LogP contribution in [0.2, 0.25) is 0 Å². The third kappa shape index (κ3) is 6.19. The Labute approximate surface area is 170 Å². The van der Waals surface area contributed by atoms with Crippen LogP contribution in [0.1, 0.15) is 21.9 Å². The van der Waals surface area contributed by atoms with Gasteiger partial charge in [0.1, 0.15) is 23.9 Å². The van der Waals surface area contributed by atoms with Crippen molar-refractivity contribution in [3.05, 3.63) is 89.6 Å². The van der Waals surface area contributed by atoms with Crippen molar-refractivity contribution >= 4 is 5.91 Å². The first-order valence-electron chi connectivity index (χ1n) is 9.47. The van der Waals surface area contributed by atoms with Crippen molar-refractivity contribution < 1.29 is 18.3 Å². The summed E-state index contributed by atoms with van der Waals surface area (Å²) in [5, 5.41) is 2.94. The van der Waals surface area contributed by atoms with Gasteiger partial charge < -0.3 is 19.4 Å². The van der Waals surface area contributed by atoms with Crippen molar-refractivity contribution in [1.82, 2.24) is 10.2 Å². The van der Waals surface area contributed by atoms with E-state index in [-0.39, 0.29) is 30.1 Å². The number of benzene rings is 2. The maximum absolute atomic E-state index is 12.9. The highest BCUT2D eigenvalue weighted by Gasteiger charge is 2.16. The maximum Gasteiger partial charge on any atom is 0.287 e. The number of halogens is 1. The van der Waals surface area contributed by atoms with Gasteiger partial charge in [0.25, 0.3) is 5.91 Å². The van der Waals surface area contributed by atoms with Gasteiger partial charge in [0.2, 0.25) is 0 Å². The van der Waals surface area contributed by atoms with E-state index in [0.29, 0.717) is 18.1 Å². The summed E-state index contributed by atoms with van der Waals surface area (Å²) in [5.41, 5.74) is 1.22. The predicted octanol–water partition coefficient (Wildman–Crippen LogP) is 3.90. The number of furan rings is 1. The summed E-state index contributed by atoms with van der Waals surface area (Å²) < 4.78 is 24.0. The van der Waals surface area contributed by atoms with E-state index in [0.717, 1.165) is 6.42 Å². The minimum Gasteiger partial charge on any atom is -0.486 e. The van der Waals surface area contributed by atoms with Crippen LogP contribution in [-0.4, -0.2) is 37.5 Å². The van der Waals surface area contributed by atoms with Crippen molar-refractivity contribution in [3.8, 4) is 5.75 Å². The lowest BCUT2D eigenvalue weighted by Crippen LogP contribution is -2.41. The Morgan fingerprint density at radius 2 is 1.79 bits per heavy atom. The average Bonchev–Trinajstić information content (AvgIpc) is 3.20. The zero-order chi connectivity index (χ0) is 20.6. The maximum atomic E-state index is 12.9. The summed E-state index contributed by atoms with van der Waals surface area (Å²) in [6.07, 6.45) is 0.836. The first-order chi connectivity index (χ1) is 14.0. The number of hydrogen-bond donors (Lipinski definition) is 1. The molecular weight excluding hydrogens is 371 g/mol. The Morgan fingerprint density at radius 1 is 1.07 bits per heavy atom. The van der Waals surface area contributed by atoms with Crippen LogP contribution < -0.4 is 10.1 Å². The molecule has 1 heterocycles. The Balaban J connectivity index is 1.51. The van der Waals surface area contributed by atoms with E-state index in [9.17, 15) is 9.18 Å². The number of rotatable bonds is 9. The summed E-state index contributed by atoms with van der Waals surface area (Å²) in [5.74, 6) is 0.701. The Bertz CT molecular complexity index is 907. The highest BCUT2D eigenvalue weighted by molar-refractivity contribution is 5.91. The molecule has 3 rings (SSSR count). The lowest BCUT2D eigenvalue weighted by Gasteiger charge is -2.24. The molecule has 0 aliphatic heterocycles. The molecule has 1 unspecified atom stereocenters. The third-order valence-corrected chi connectivity index (χ3v) is 4.62. The predicted molar refractivity (Wildman–Crippen MR) is 109 cm³/mol. The Kier molecular flexibility index (Phi) is 7.03. The second-order valence-corrected chi connectivity index (χ2v) is 7.03. The second-order valence-electron chi connectivity index (χ2n) is 7.03. The van der Waals surface area contributed by atoms with Gasteiger partial charge in [-0.25, -0.2) is 4.39 Å². The summed E-state index contributed by atoms with van der Waals surface area (Å²) >= 11 is 0. The zero-order valence-corrected chi connectivity index (χ0v) is 16.6. The molecule has 0 saturated heterocycles. The molecule has 29 heavy (non-hydrogen) atoms. The van der Waals surface area contributed by atoms with Gasteiger partial charge in [-0.15, -0.1) is 0 Å². The lowest BCUT2D eigenvalue weighted by molar-refractivity contribution is 0.0910. The first-order valence-corrected chi connectivity index (χ1v) is 9.47. The van der Waals surface area contributed by atoms with Crippen molar-refractivity contribution in [3.63, 3.8) is 0 Å². The number of likely N-dealkylation sites (N-methyl/N-ethyl adjacent to an activating group) is 1.